The molecular weight excluding hydrogens is 270 g/mol. The number of benzene rings is 1. The first kappa shape index (κ1) is 14.6. The molecule has 0 saturated carbocycles. The van der Waals surface area contributed by atoms with Crippen molar-refractivity contribution in [3.63, 3.8) is 0 Å². The fourth-order valence-corrected chi connectivity index (χ4v) is 1.71. The third kappa shape index (κ3) is 3.85. The van der Waals surface area contributed by atoms with Gasteiger partial charge in [-0.2, -0.15) is 0 Å². The lowest BCUT2D eigenvalue weighted by Crippen LogP contribution is -2.06. The summed E-state index contributed by atoms with van der Waals surface area (Å²) in [5.41, 5.74) is 6.85. The molecule has 6 nitrogen and oxygen atoms in total. The van der Waals surface area contributed by atoms with Gasteiger partial charge in [0, 0.05) is 5.69 Å². The normalized spacial score (nSPS) is 10.4. The van der Waals surface area contributed by atoms with Crippen molar-refractivity contribution in [3.8, 4) is 5.75 Å². The van der Waals surface area contributed by atoms with Crippen LogP contribution in [0.1, 0.15) is 24.3 Å². The zero-order valence-corrected chi connectivity index (χ0v) is 11.8. The summed E-state index contributed by atoms with van der Waals surface area (Å²) in [6.45, 7) is 3.91. The lowest BCUT2D eigenvalue weighted by Gasteiger charge is -2.12. The maximum atomic E-state index is 10.9. The maximum Gasteiger partial charge on any atom is 0.354 e. The van der Waals surface area contributed by atoms with Crippen LogP contribution < -0.4 is 15.8 Å². The topological polar surface area (TPSA) is 97.5 Å². The van der Waals surface area contributed by atoms with E-state index in [0.717, 1.165) is 11.4 Å². The van der Waals surface area contributed by atoms with Crippen LogP contribution in [-0.4, -0.2) is 22.2 Å². The summed E-state index contributed by atoms with van der Waals surface area (Å²) >= 11 is 0. The van der Waals surface area contributed by atoms with E-state index in [1.54, 1.807) is 0 Å². The molecule has 0 fully saturated rings. The molecule has 0 unspecified atom stereocenters. The van der Waals surface area contributed by atoms with Gasteiger partial charge in [-0.1, -0.05) is 0 Å². The van der Waals surface area contributed by atoms with E-state index in [2.05, 4.69) is 10.3 Å². The summed E-state index contributed by atoms with van der Waals surface area (Å²) in [5.74, 6) is -0.0260. The fraction of sp³-hybridized carbons (Fsp3) is 0.200. The summed E-state index contributed by atoms with van der Waals surface area (Å²) in [6.07, 6.45) is 0.105. The van der Waals surface area contributed by atoms with Crippen molar-refractivity contribution in [3.05, 3.63) is 42.1 Å². The van der Waals surface area contributed by atoms with E-state index in [1.165, 1.54) is 12.1 Å². The van der Waals surface area contributed by atoms with Crippen molar-refractivity contribution in [2.75, 3.05) is 11.1 Å². The number of hydrogen-bond donors (Lipinski definition) is 3. The Balaban J connectivity index is 2.18. The minimum absolute atomic E-state index is 0.0635. The van der Waals surface area contributed by atoms with Gasteiger partial charge in [-0.05, 0) is 50.2 Å². The van der Waals surface area contributed by atoms with Crippen molar-refractivity contribution in [2.24, 2.45) is 0 Å². The highest BCUT2D eigenvalue weighted by Gasteiger charge is 2.09. The summed E-state index contributed by atoms with van der Waals surface area (Å²) in [6, 6.07) is 10.1. The molecule has 0 amide bonds. The van der Waals surface area contributed by atoms with Gasteiger partial charge in [0.05, 0.1) is 11.8 Å². The minimum atomic E-state index is -1.10. The number of anilines is 3. The smallest absolute Gasteiger partial charge is 0.354 e. The second-order valence-electron chi connectivity index (χ2n) is 4.76. The highest BCUT2D eigenvalue weighted by molar-refractivity contribution is 5.87. The van der Waals surface area contributed by atoms with E-state index in [0.29, 0.717) is 11.5 Å². The molecule has 1 aromatic heterocycles. The molecule has 0 atom stereocenters. The lowest BCUT2D eigenvalue weighted by molar-refractivity contribution is 0.0690. The van der Waals surface area contributed by atoms with Crippen molar-refractivity contribution < 1.29 is 14.6 Å². The van der Waals surface area contributed by atoms with Crippen LogP contribution in [0.5, 0.6) is 5.75 Å². The van der Waals surface area contributed by atoms with Crippen LogP contribution in [0.4, 0.5) is 17.2 Å². The van der Waals surface area contributed by atoms with Gasteiger partial charge in [0.15, 0.2) is 11.5 Å². The zero-order valence-electron chi connectivity index (χ0n) is 11.8. The Morgan fingerprint density at radius 2 is 1.90 bits per heavy atom. The number of nitrogen functional groups attached to an aromatic ring is 1. The first-order valence-corrected chi connectivity index (χ1v) is 6.49. The molecule has 1 aromatic carbocycles. The van der Waals surface area contributed by atoms with E-state index in [-0.39, 0.29) is 11.8 Å². The Kier molecular flexibility index (Phi) is 4.27. The van der Waals surface area contributed by atoms with Crippen LogP contribution in [0.15, 0.2) is 36.4 Å². The van der Waals surface area contributed by atoms with Crippen LogP contribution in [0.2, 0.25) is 0 Å². The number of aromatic nitrogens is 1. The zero-order chi connectivity index (χ0) is 15.4. The average molecular weight is 287 g/mol. The number of nitrogens with zero attached hydrogens (tertiary/aromatic N) is 1. The minimum Gasteiger partial charge on any atom is -0.491 e. The van der Waals surface area contributed by atoms with Gasteiger partial charge < -0.3 is 20.9 Å². The summed E-state index contributed by atoms with van der Waals surface area (Å²) in [4.78, 5) is 14.9. The van der Waals surface area contributed by atoms with Gasteiger partial charge in [0.25, 0.3) is 0 Å². The van der Waals surface area contributed by atoms with E-state index in [4.69, 9.17) is 15.6 Å². The number of carbonyl (C=O) groups is 1. The van der Waals surface area contributed by atoms with Crippen LogP contribution >= 0.6 is 0 Å². The van der Waals surface area contributed by atoms with Gasteiger partial charge in [0.2, 0.25) is 0 Å². The average Bonchev–Trinajstić information content (AvgIpc) is 2.42. The second kappa shape index (κ2) is 6.13. The Morgan fingerprint density at radius 3 is 2.48 bits per heavy atom. The Bertz CT molecular complexity index is 639. The van der Waals surface area contributed by atoms with E-state index >= 15 is 0 Å². The molecule has 0 bridgehead atoms. The molecule has 0 aliphatic carbocycles. The molecule has 0 saturated heterocycles. The van der Waals surface area contributed by atoms with Crippen molar-refractivity contribution >= 4 is 23.2 Å². The van der Waals surface area contributed by atoms with Gasteiger partial charge in [0.1, 0.15) is 5.75 Å². The number of carboxylic acid groups (broad SMARTS) is 1. The molecule has 0 aliphatic heterocycles. The van der Waals surface area contributed by atoms with Crippen LogP contribution in [-0.2, 0) is 0 Å². The third-order valence-electron chi connectivity index (χ3n) is 2.63. The summed E-state index contributed by atoms with van der Waals surface area (Å²) in [5, 5.41) is 11.9. The van der Waals surface area contributed by atoms with Crippen LogP contribution in [0.25, 0.3) is 0 Å². The highest BCUT2D eigenvalue weighted by atomic mass is 16.5. The fourth-order valence-electron chi connectivity index (χ4n) is 1.71. The SMILES string of the molecule is CC(C)Oc1ccc(Nc2nc(C(=O)O)ccc2N)cc1. The predicted octanol–water partition coefficient (Wildman–Crippen LogP) is 2.89. The number of hydrogen-bond acceptors (Lipinski definition) is 5. The number of nitrogens with two attached hydrogens (primary N) is 1. The number of ether oxygens (including phenoxy) is 1. The molecule has 0 spiro atoms. The molecule has 0 radical (unpaired) electrons. The largest absolute Gasteiger partial charge is 0.491 e. The number of aromatic carboxylic acids is 1. The van der Waals surface area contributed by atoms with Gasteiger partial charge >= 0.3 is 5.97 Å². The van der Waals surface area contributed by atoms with Crippen molar-refractivity contribution in [1.29, 1.82) is 0 Å². The van der Waals surface area contributed by atoms with Crippen molar-refractivity contribution in [2.45, 2.75) is 20.0 Å². The molecule has 4 N–H and O–H groups in total. The van der Waals surface area contributed by atoms with E-state index < -0.39 is 5.97 Å². The van der Waals surface area contributed by atoms with Gasteiger partial charge in [-0.3, -0.25) is 0 Å². The predicted molar refractivity (Wildman–Crippen MR) is 81.1 cm³/mol. The van der Waals surface area contributed by atoms with Gasteiger partial charge in [-0.15, -0.1) is 0 Å². The first-order chi connectivity index (χ1) is 9.95. The molecule has 2 rings (SSSR count). The molecule has 2 aromatic rings. The third-order valence-corrected chi connectivity index (χ3v) is 2.63. The van der Waals surface area contributed by atoms with Gasteiger partial charge in [-0.25, -0.2) is 9.78 Å². The first-order valence-electron chi connectivity index (χ1n) is 6.49. The maximum absolute atomic E-state index is 10.9. The molecular formula is C15H17N3O3. The number of pyridine rings is 1. The van der Waals surface area contributed by atoms with Crippen LogP contribution in [0, 0.1) is 0 Å². The highest BCUT2D eigenvalue weighted by Crippen LogP contribution is 2.23. The molecule has 110 valence electrons. The Hall–Kier alpha value is -2.76. The molecule has 6 heteroatoms. The van der Waals surface area contributed by atoms with Crippen molar-refractivity contribution in [1.82, 2.24) is 4.98 Å². The Labute approximate surface area is 122 Å². The van der Waals surface area contributed by atoms with Crippen LogP contribution in [0.3, 0.4) is 0 Å². The number of carboxylic acids is 1. The number of rotatable bonds is 5. The van der Waals surface area contributed by atoms with E-state index in [9.17, 15) is 4.79 Å². The van der Waals surface area contributed by atoms with E-state index in [1.807, 2.05) is 38.1 Å². The lowest BCUT2D eigenvalue weighted by atomic mass is 10.2. The standard InChI is InChI=1S/C15H17N3O3/c1-9(2)21-11-5-3-10(4-6-11)17-14-12(16)7-8-13(18-14)15(19)20/h3-9H,16H2,1-2H3,(H,17,18)(H,19,20). The monoisotopic (exact) mass is 287 g/mol. The molecule has 0 aliphatic rings. The summed E-state index contributed by atoms with van der Waals surface area (Å²) in [7, 11) is 0. The molecule has 1 heterocycles. The number of nitrogens with one attached hydrogen (secondary N) is 1. The Morgan fingerprint density at radius 1 is 1.24 bits per heavy atom. The molecule has 21 heavy (non-hydrogen) atoms. The quantitative estimate of drug-likeness (QED) is 0.782. The second-order valence-corrected chi connectivity index (χ2v) is 4.76. The summed E-state index contributed by atoms with van der Waals surface area (Å²) < 4.78 is 5.55.